The van der Waals surface area contributed by atoms with Crippen LogP contribution in [0.4, 0.5) is 4.79 Å². The Kier molecular flexibility index (Phi) is 10.9. The first-order valence-electron chi connectivity index (χ1n) is 15.7. The maximum Gasteiger partial charge on any atom is 0.339 e. The molecule has 11 heteroatoms. The lowest BCUT2D eigenvalue weighted by Gasteiger charge is -2.36. The second-order valence-corrected chi connectivity index (χ2v) is 11.8. The van der Waals surface area contributed by atoms with Crippen molar-refractivity contribution < 1.29 is 39.1 Å². The number of aliphatic hydroxyl groups excluding tert-OH is 1. The van der Waals surface area contributed by atoms with Crippen LogP contribution < -0.4 is 9.47 Å². The zero-order valence-electron chi connectivity index (χ0n) is 26.4. The molecule has 2 aliphatic heterocycles. The lowest BCUT2D eigenvalue weighted by Crippen LogP contribution is -2.52. The van der Waals surface area contributed by atoms with Crippen molar-refractivity contribution in [2.45, 2.75) is 69.9 Å². The van der Waals surface area contributed by atoms with Crippen LogP contribution in [0.1, 0.15) is 48.8 Å². The number of amides is 3. The molecule has 3 aromatic carbocycles. The molecule has 2 saturated heterocycles. The van der Waals surface area contributed by atoms with Crippen molar-refractivity contribution in [3.05, 3.63) is 83.4 Å². The maximum atomic E-state index is 14.7. The molecule has 1 unspecified atom stereocenters. The number of urea groups is 1. The number of carbonyl (C=O) groups excluding carboxylic acids is 2. The Labute approximate surface area is 269 Å². The molecule has 3 atom stereocenters. The maximum absolute atomic E-state index is 14.7. The van der Waals surface area contributed by atoms with Gasteiger partial charge in [-0.1, -0.05) is 42.5 Å². The highest BCUT2D eigenvalue weighted by Crippen LogP contribution is 2.32. The number of β-amino-alcohol motifs (C(OH)–C–C–N with tert-alkyl or cyclic N) is 1. The fourth-order valence-electron chi connectivity index (χ4n) is 6.17. The Morgan fingerprint density at radius 3 is 2.17 bits per heavy atom. The summed E-state index contributed by atoms with van der Waals surface area (Å²) in [5, 5.41) is 34.9. The van der Waals surface area contributed by atoms with Crippen LogP contribution in [-0.2, 0) is 29.0 Å². The number of aliphatic hydroxyl groups is 1. The number of phenols is 2. The van der Waals surface area contributed by atoms with Crippen LogP contribution in [0.25, 0.3) is 0 Å². The average Bonchev–Trinajstić information content (AvgIpc) is 3.56. The van der Waals surface area contributed by atoms with Gasteiger partial charge in [0.1, 0.15) is 0 Å². The zero-order valence-corrected chi connectivity index (χ0v) is 26.4. The van der Waals surface area contributed by atoms with Gasteiger partial charge in [-0.3, -0.25) is 4.79 Å². The van der Waals surface area contributed by atoms with Crippen molar-refractivity contribution in [3.8, 4) is 23.0 Å². The van der Waals surface area contributed by atoms with E-state index in [0.717, 1.165) is 31.4 Å². The standard InChI is InChI=1S/C35H43N3O8/c1-44-32-19-25(13-15-29(32)39)21-36-28(18-24-8-4-3-5-9-24)31(41)23-37(34(42)12-6-10-27-11-7-17-46-27)38(35(36)43)22-26-14-16-30(40)33(20-26)45-2/h3-5,8-9,13-16,19-20,27-28,31,39-41H,6-7,10-12,17-18,21-23H2,1-2H3/t27?,28-,31-/m1/s1. The van der Waals surface area contributed by atoms with Gasteiger partial charge in [-0.15, -0.1) is 0 Å². The van der Waals surface area contributed by atoms with E-state index < -0.39 is 18.2 Å². The molecule has 0 saturated carbocycles. The van der Waals surface area contributed by atoms with Crippen LogP contribution in [0.2, 0.25) is 0 Å². The van der Waals surface area contributed by atoms with E-state index >= 15 is 0 Å². The molecule has 2 heterocycles. The van der Waals surface area contributed by atoms with Gasteiger partial charge in [-0.2, -0.15) is 0 Å². The predicted molar refractivity (Wildman–Crippen MR) is 170 cm³/mol. The number of aromatic hydroxyl groups is 2. The van der Waals surface area contributed by atoms with Crippen LogP contribution in [0, 0.1) is 0 Å². The summed E-state index contributed by atoms with van der Waals surface area (Å²) in [4.78, 5) is 30.2. The smallest absolute Gasteiger partial charge is 0.339 e. The van der Waals surface area contributed by atoms with Crippen molar-refractivity contribution in [1.29, 1.82) is 0 Å². The lowest BCUT2D eigenvalue weighted by molar-refractivity contribution is -0.147. The van der Waals surface area contributed by atoms with Crippen LogP contribution in [0.3, 0.4) is 0 Å². The van der Waals surface area contributed by atoms with E-state index in [2.05, 4.69) is 0 Å². The third-order valence-electron chi connectivity index (χ3n) is 8.65. The number of hydrogen-bond donors (Lipinski definition) is 3. The zero-order chi connectivity index (χ0) is 32.6. The van der Waals surface area contributed by atoms with E-state index in [0.29, 0.717) is 24.0 Å². The predicted octanol–water partition coefficient (Wildman–Crippen LogP) is 4.62. The molecule has 11 nitrogen and oxygen atoms in total. The second kappa shape index (κ2) is 15.2. The van der Waals surface area contributed by atoms with Gasteiger partial charge in [0.25, 0.3) is 0 Å². The van der Waals surface area contributed by atoms with Gasteiger partial charge in [0.2, 0.25) is 5.91 Å². The van der Waals surface area contributed by atoms with E-state index in [9.17, 15) is 24.9 Å². The minimum atomic E-state index is -1.08. The topological polar surface area (TPSA) is 132 Å². The van der Waals surface area contributed by atoms with E-state index in [1.807, 2.05) is 30.3 Å². The van der Waals surface area contributed by atoms with Crippen LogP contribution in [0.15, 0.2) is 66.7 Å². The third kappa shape index (κ3) is 7.83. The molecule has 0 aromatic heterocycles. The van der Waals surface area contributed by atoms with Crippen LogP contribution >= 0.6 is 0 Å². The molecule has 5 rings (SSSR count). The summed E-state index contributed by atoms with van der Waals surface area (Å²) in [5.74, 6) is 0.150. The molecule has 2 fully saturated rings. The highest BCUT2D eigenvalue weighted by molar-refractivity contribution is 5.82. The molecule has 3 amide bonds. The van der Waals surface area contributed by atoms with Crippen molar-refractivity contribution >= 4 is 11.9 Å². The molecular weight excluding hydrogens is 590 g/mol. The number of hydrogen-bond acceptors (Lipinski definition) is 8. The normalized spacial score (nSPS) is 20.1. The van der Waals surface area contributed by atoms with Crippen LogP contribution in [0.5, 0.6) is 23.0 Å². The van der Waals surface area contributed by atoms with Crippen molar-refractivity contribution in [3.63, 3.8) is 0 Å². The summed E-state index contributed by atoms with van der Waals surface area (Å²) in [6.07, 6.45) is 2.93. The summed E-state index contributed by atoms with van der Waals surface area (Å²) in [5.41, 5.74) is 2.23. The minimum absolute atomic E-state index is 0.00682. The molecule has 0 spiro atoms. The molecule has 0 bridgehead atoms. The molecule has 3 aromatic rings. The first kappa shape index (κ1) is 32.9. The number of benzene rings is 3. The summed E-state index contributed by atoms with van der Waals surface area (Å²) >= 11 is 0. The molecule has 3 N–H and O–H groups in total. The Morgan fingerprint density at radius 2 is 1.57 bits per heavy atom. The molecule has 0 radical (unpaired) electrons. The van der Waals surface area contributed by atoms with Gasteiger partial charge < -0.3 is 34.4 Å². The first-order chi connectivity index (χ1) is 22.3. The summed E-state index contributed by atoms with van der Waals surface area (Å²) in [7, 11) is 2.89. The van der Waals surface area contributed by atoms with E-state index in [-0.39, 0.29) is 61.1 Å². The fraction of sp³-hybridized carbons (Fsp3) is 0.429. The fourth-order valence-corrected chi connectivity index (χ4v) is 6.17. The summed E-state index contributed by atoms with van der Waals surface area (Å²) in [6.45, 7) is 0.723. The largest absolute Gasteiger partial charge is 0.504 e. The van der Waals surface area contributed by atoms with E-state index in [4.69, 9.17) is 14.2 Å². The molecule has 0 aliphatic carbocycles. The molecule has 246 valence electrons. The van der Waals surface area contributed by atoms with Crippen molar-refractivity contribution in [2.75, 3.05) is 27.4 Å². The number of ether oxygens (including phenoxy) is 3. The van der Waals surface area contributed by atoms with Gasteiger partial charge in [0.05, 0.1) is 45.6 Å². The van der Waals surface area contributed by atoms with Gasteiger partial charge in [-0.25, -0.2) is 14.8 Å². The van der Waals surface area contributed by atoms with Crippen LogP contribution in [-0.4, -0.2) is 87.8 Å². The summed E-state index contributed by atoms with van der Waals surface area (Å²) in [6, 6.07) is 18.1. The number of phenolic OH excluding ortho intramolecular Hbond substituents is 2. The molecule has 2 aliphatic rings. The Hall–Kier alpha value is -4.48. The Bertz CT molecular complexity index is 1480. The number of nitrogens with zero attached hydrogens (tertiary/aromatic N) is 3. The van der Waals surface area contributed by atoms with E-state index in [1.165, 1.54) is 36.4 Å². The van der Waals surface area contributed by atoms with Crippen molar-refractivity contribution in [2.24, 2.45) is 0 Å². The monoisotopic (exact) mass is 633 g/mol. The summed E-state index contributed by atoms with van der Waals surface area (Å²) < 4.78 is 16.4. The van der Waals surface area contributed by atoms with Crippen molar-refractivity contribution in [1.82, 2.24) is 14.9 Å². The van der Waals surface area contributed by atoms with Gasteiger partial charge in [-0.05, 0) is 73.1 Å². The van der Waals surface area contributed by atoms with Gasteiger partial charge in [0.15, 0.2) is 23.0 Å². The molecule has 46 heavy (non-hydrogen) atoms. The minimum Gasteiger partial charge on any atom is -0.504 e. The number of carbonyl (C=O) groups is 2. The Morgan fingerprint density at radius 1 is 0.913 bits per heavy atom. The first-order valence-corrected chi connectivity index (χ1v) is 15.7. The number of rotatable bonds is 12. The third-order valence-corrected chi connectivity index (χ3v) is 8.65. The Balaban J connectivity index is 1.51. The average molecular weight is 634 g/mol. The highest BCUT2D eigenvalue weighted by atomic mass is 16.5. The number of methoxy groups -OCH3 is 2. The number of hydrazine groups is 1. The lowest BCUT2D eigenvalue weighted by atomic mass is 9.99. The van der Waals surface area contributed by atoms with Gasteiger partial charge in [0, 0.05) is 19.6 Å². The van der Waals surface area contributed by atoms with E-state index in [1.54, 1.807) is 29.2 Å². The van der Waals surface area contributed by atoms with Gasteiger partial charge >= 0.3 is 6.03 Å². The second-order valence-electron chi connectivity index (χ2n) is 11.8. The quantitative estimate of drug-likeness (QED) is 0.263. The SMILES string of the molecule is COc1cc(CN2C(=O)N(Cc3ccc(O)c(OC)c3)N(C(=O)CCCC3CCCO3)C[C@@H](O)[C@H]2Cc2ccccc2)ccc1O. The molecular formula is C35H43N3O8. The highest BCUT2D eigenvalue weighted by Gasteiger charge is 2.42.